The van der Waals surface area contributed by atoms with E-state index in [4.69, 9.17) is 15.3 Å². The van der Waals surface area contributed by atoms with Crippen LogP contribution < -0.4 is 0 Å². The molecule has 0 fully saturated rings. The van der Waals surface area contributed by atoms with Gasteiger partial charge in [-0.3, -0.25) is 0 Å². The van der Waals surface area contributed by atoms with Crippen molar-refractivity contribution in [3.8, 4) is 11.5 Å². The van der Waals surface area contributed by atoms with Crippen LogP contribution in [0.4, 0.5) is 0 Å². The number of aromatic carboxylic acids is 1. The van der Waals surface area contributed by atoms with Crippen molar-refractivity contribution in [2.75, 3.05) is 0 Å². The summed E-state index contributed by atoms with van der Waals surface area (Å²) in [5, 5.41) is 26.3. The monoisotopic (exact) mass is 194 g/mol. The number of aromatic hydroxyl groups is 2. The summed E-state index contributed by atoms with van der Waals surface area (Å²) in [6.07, 6.45) is 0. The summed E-state index contributed by atoms with van der Waals surface area (Å²) in [7, 11) is 0. The van der Waals surface area contributed by atoms with E-state index in [9.17, 15) is 4.79 Å². The molecule has 4 nitrogen and oxygen atoms in total. The van der Waals surface area contributed by atoms with Crippen LogP contribution in [0.3, 0.4) is 0 Å². The van der Waals surface area contributed by atoms with E-state index in [0.29, 0.717) is 0 Å². The summed E-state index contributed by atoms with van der Waals surface area (Å²) in [5.74, 6) is -2.21. The standard InChI is InChI=1S/C7H6O4.K.H/c8-4-2-1-3-5(9)6(4)7(10)11;;/h1-3,8-9H,(H,10,11);;. The van der Waals surface area contributed by atoms with Crippen molar-refractivity contribution in [3.05, 3.63) is 23.8 Å². The molecule has 0 bridgehead atoms. The van der Waals surface area contributed by atoms with Crippen molar-refractivity contribution in [3.63, 3.8) is 0 Å². The Kier molecular flexibility index (Phi) is 4.80. The minimum atomic E-state index is -1.35. The van der Waals surface area contributed by atoms with Crippen LogP contribution in [0.2, 0.25) is 0 Å². The molecule has 0 amide bonds. The van der Waals surface area contributed by atoms with E-state index in [2.05, 4.69) is 0 Å². The maximum absolute atomic E-state index is 10.3. The number of carbonyl (C=O) groups is 1. The molecule has 0 unspecified atom stereocenters. The molecule has 1 aromatic carbocycles. The Balaban J connectivity index is 0.00000121. The number of carboxylic acids is 1. The number of phenols is 2. The van der Waals surface area contributed by atoms with Crippen molar-refractivity contribution in [1.29, 1.82) is 0 Å². The van der Waals surface area contributed by atoms with Crippen molar-refractivity contribution < 1.29 is 20.1 Å². The van der Waals surface area contributed by atoms with Gasteiger partial charge in [0, 0.05) is 0 Å². The van der Waals surface area contributed by atoms with Gasteiger partial charge in [0.1, 0.15) is 17.1 Å². The minimum absolute atomic E-state index is 0. The van der Waals surface area contributed by atoms with Gasteiger partial charge >= 0.3 is 57.4 Å². The molecule has 3 N–H and O–H groups in total. The predicted molar refractivity (Wildman–Crippen MR) is 43.9 cm³/mol. The van der Waals surface area contributed by atoms with Crippen LogP contribution >= 0.6 is 0 Å². The molecule has 0 atom stereocenters. The summed E-state index contributed by atoms with van der Waals surface area (Å²) in [6, 6.07) is 3.75. The first-order valence-corrected chi connectivity index (χ1v) is 2.87. The fourth-order valence-corrected chi connectivity index (χ4v) is 0.747. The fourth-order valence-electron chi connectivity index (χ4n) is 0.747. The van der Waals surface area contributed by atoms with E-state index in [1.165, 1.54) is 18.2 Å². The van der Waals surface area contributed by atoms with Gasteiger partial charge in [-0.1, -0.05) is 6.07 Å². The van der Waals surface area contributed by atoms with Gasteiger partial charge in [-0.25, -0.2) is 4.79 Å². The topological polar surface area (TPSA) is 77.8 Å². The molecule has 0 heterocycles. The first-order valence-electron chi connectivity index (χ1n) is 2.87. The molecule has 0 saturated carbocycles. The quantitative estimate of drug-likeness (QED) is 0.556. The third-order valence-corrected chi connectivity index (χ3v) is 1.23. The van der Waals surface area contributed by atoms with Crippen LogP contribution in [-0.2, 0) is 0 Å². The Morgan fingerprint density at radius 1 is 1.17 bits per heavy atom. The normalized spacial score (nSPS) is 8.67. The molecule has 5 heteroatoms. The van der Waals surface area contributed by atoms with Crippen molar-refractivity contribution in [2.24, 2.45) is 0 Å². The number of carboxylic acid groups (broad SMARTS) is 1. The molecule has 0 saturated heterocycles. The van der Waals surface area contributed by atoms with Gasteiger partial charge in [0.25, 0.3) is 0 Å². The molecule has 60 valence electrons. The Morgan fingerprint density at radius 3 is 1.83 bits per heavy atom. The van der Waals surface area contributed by atoms with Crippen molar-refractivity contribution in [1.82, 2.24) is 0 Å². The average Bonchev–Trinajstić information content (AvgIpc) is 1.85. The first-order chi connectivity index (χ1) is 5.13. The molecule has 0 aromatic heterocycles. The summed E-state index contributed by atoms with van der Waals surface area (Å²) in [5.41, 5.74) is -0.465. The molecule has 12 heavy (non-hydrogen) atoms. The molecule has 0 radical (unpaired) electrons. The van der Waals surface area contributed by atoms with Gasteiger partial charge in [-0.15, -0.1) is 0 Å². The van der Waals surface area contributed by atoms with Crippen LogP contribution in [-0.4, -0.2) is 72.7 Å². The van der Waals surface area contributed by atoms with Gasteiger partial charge in [0.15, 0.2) is 0 Å². The van der Waals surface area contributed by atoms with E-state index in [1.54, 1.807) is 0 Å². The fraction of sp³-hybridized carbons (Fsp3) is 0. The zero-order valence-corrected chi connectivity index (χ0v) is 5.48. The second-order valence-corrected chi connectivity index (χ2v) is 1.98. The zero-order chi connectivity index (χ0) is 8.43. The van der Waals surface area contributed by atoms with Crippen LogP contribution in [0, 0.1) is 0 Å². The van der Waals surface area contributed by atoms with E-state index >= 15 is 0 Å². The van der Waals surface area contributed by atoms with E-state index < -0.39 is 23.0 Å². The van der Waals surface area contributed by atoms with Crippen LogP contribution in [0.15, 0.2) is 18.2 Å². The van der Waals surface area contributed by atoms with Crippen molar-refractivity contribution >= 4 is 57.4 Å². The molecular formula is C7H7KO4. The number of hydrogen-bond donors (Lipinski definition) is 3. The summed E-state index contributed by atoms with van der Waals surface area (Å²) >= 11 is 0. The van der Waals surface area contributed by atoms with Gasteiger partial charge in [-0.2, -0.15) is 0 Å². The van der Waals surface area contributed by atoms with E-state index in [0.717, 1.165) is 0 Å². The summed E-state index contributed by atoms with van der Waals surface area (Å²) in [4.78, 5) is 10.3. The third-order valence-electron chi connectivity index (χ3n) is 1.23. The Hall–Kier alpha value is -0.0736. The average molecular weight is 194 g/mol. The molecule has 0 aliphatic heterocycles. The molecule has 1 aromatic rings. The Labute approximate surface area is 111 Å². The Morgan fingerprint density at radius 2 is 1.58 bits per heavy atom. The zero-order valence-electron chi connectivity index (χ0n) is 5.48. The van der Waals surface area contributed by atoms with Crippen LogP contribution in [0.1, 0.15) is 10.4 Å². The SMILES string of the molecule is O=C(O)c1c(O)cccc1O.[KH]. The predicted octanol–water partition coefficient (Wildman–Crippen LogP) is 0.147. The van der Waals surface area contributed by atoms with E-state index in [-0.39, 0.29) is 51.4 Å². The molecule has 0 aliphatic rings. The van der Waals surface area contributed by atoms with Gasteiger partial charge in [0.05, 0.1) is 0 Å². The first kappa shape index (κ1) is 11.9. The number of hydrogen-bond acceptors (Lipinski definition) is 3. The van der Waals surface area contributed by atoms with Gasteiger partial charge in [-0.05, 0) is 12.1 Å². The van der Waals surface area contributed by atoms with Crippen molar-refractivity contribution in [2.45, 2.75) is 0 Å². The molecule has 0 aliphatic carbocycles. The molecule has 1 rings (SSSR count). The summed E-state index contributed by atoms with van der Waals surface area (Å²) < 4.78 is 0. The number of rotatable bonds is 1. The van der Waals surface area contributed by atoms with Crippen LogP contribution in [0.5, 0.6) is 11.5 Å². The molecule has 0 spiro atoms. The van der Waals surface area contributed by atoms with Crippen LogP contribution in [0.25, 0.3) is 0 Å². The van der Waals surface area contributed by atoms with E-state index in [1.807, 2.05) is 0 Å². The second-order valence-electron chi connectivity index (χ2n) is 1.98. The van der Waals surface area contributed by atoms with Gasteiger partial charge in [0.2, 0.25) is 0 Å². The van der Waals surface area contributed by atoms with Gasteiger partial charge < -0.3 is 15.3 Å². The summed E-state index contributed by atoms with van der Waals surface area (Å²) in [6.45, 7) is 0. The molecular weight excluding hydrogens is 187 g/mol. The maximum atomic E-state index is 10.3. The second kappa shape index (κ2) is 4.83. The third kappa shape index (κ3) is 2.46. The number of benzene rings is 1. The Bertz CT molecular complexity index is 277.